The first kappa shape index (κ1) is 12.5. The van der Waals surface area contributed by atoms with E-state index in [0.29, 0.717) is 6.42 Å². The molecule has 1 rings (SSSR count). The maximum Gasteiger partial charge on any atom is 0.340 e. The zero-order chi connectivity index (χ0) is 12.2. The fourth-order valence-corrected chi connectivity index (χ4v) is 1.73. The van der Waals surface area contributed by atoms with Crippen LogP contribution in [0.4, 0.5) is 0 Å². The van der Waals surface area contributed by atoms with E-state index in [1.165, 1.54) is 6.08 Å². The van der Waals surface area contributed by atoms with E-state index in [-0.39, 0.29) is 12.4 Å². The van der Waals surface area contributed by atoms with Crippen molar-refractivity contribution < 1.29 is 14.3 Å². The Balaban J connectivity index is 3.02. The van der Waals surface area contributed by atoms with Gasteiger partial charge in [-0.15, -0.1) is 0 Å². The van der Waals surface area contributed by atoms with Crippen molar-refractivity contribution in [1.29, 1.82) is 0 Å². The van der Waals surface area contributed by atoms with Crippen LogP contribution in [0.3, 0.4) is 0 Å². The molecule has 0 bridgehead atoms. The van der Waals surface area contributed by atoms with E-state index in [2.05, 4.69) is 0 Å². The lowest BCUT2D eigenvalue weighted by molar-refractivity contribution is -0.157. The van der Waals surface area contributed by atoms with E-state index < -0.39 is 11.5 Å². The number of hydrogen-bond acceptors (Lipinski definition) is 4. The summed E-state index contributed by atoms with van der Waals surface area (Å²) in [6.07, 6.45) is 6.99. The third kappa shape index (κ3) is 1.87. The SMILES string of the molecule is CC=CCC1(C(=O)OCC)C(=O)C=CN1C. The molecule has 1 unspecified atom stereocenters. The minimum absolute atomic E-state index is 0.216. The smallest absolute Gasteiger partial charge is 0.340 e. The summed E-state index contributed by atoms with van der Waals surface area (Å²) in [5.74, 6) is -0.697. The van der Waals surface area contributed by atoms with Crippen LogP contribution in [0.2, 0.25) is 0 Å². The molecule has 1 aliphatic heterocycles. The Morgan fingerprint density at radius 1 is 1.62 bits per heavy atom. The van der Waals surface area contributed by atoms with Crippen molar-refractivity contribution in [3.8, 4) is 0 Å². The monoisotopic (exact) mass is 223 g/mol. The first-order valence-electron chi connectivity index (χ1n) is 5.33. The maximum absolute atomic E-state index is 11.9. The molecule has 1 aliphatic rings. The summed E-state index contributed by atoms with van der Waals surface area (Å²) in [6.45, 7) is 3.86. The summed E-state index contributed by atoms with van der Waals surface area (Å²) in [6, 6.07) is 0. The van der Waals surface area contributed by atoms with Gasteiger partial charge in [0.1, 0.15) is 0 Å². The molecule has 0 N–H and O–H groups in total. The Labute approximate surface area is 95.6 Å². The Morgan fingerprint density at radius 2 is 2.31 bits per heavy atom. The van der Waals surface area contributed by atoms with Gasteiger partial charge in [-0.05, 0) is 13.8 Å². The average Bonchev–Trinajstić information content (AvgIpc) is 2.54. The van der Waals surface area contributed by atoms with Crippen LogP contribution >= 0.6 is 0 Å². The summed E-state index contributed by atoms with van der Waals surface area (Å²) < 4.78 is 4.99. The highest BCUT2D eigenvalue weighted by atomic mass is 16.5. The largest absolute Gasteiger partial charge is 0.464 e. The van der Waals surface area contributed by atoms with Gasteiger partial charge in [-0.25, -0.2) is 4.79 Å². The van der Waals surface area contributed by atoms with Crippen LogP contribution in [0.1, 0.15) is 20.3 Å². The topological polar surface area (TPSA) is 46.6 Å². The number of ketones is 1. The normalized spacial score (nSPS) is 24.4. The highest BCUT2D eigenvalue weighted by molar-refractivity contribution is 6.15. The highest BCUT2D eigenvalue weighted by Gasteiger charge is 2.50. The number of nitrogens with zero attached hydrogens (tertiary/aromatic N) is 1. The Bertz CT molecular complexity index is 346. The van der Waals surface area contributed by atoms with Gasteiger partial charge < -0.3 is 9.64 Å². The second kappa shape index (κ2) is 4.96. The van der Waals surface area contributed by atoms with Crippen molar-refractivity contribution in [2.24, 2.45) is 0 Å². The zero-order valence-corrected chi connectivity index (χ0v) is 9.90. The highest BCUT2D eigenvalue weighted by Crippen LogP contribution is 2.28. The van der Waals surface area contributed by atoms with Crippen molar-refractivity contribution in [2.75, 3.05) is 13.7 Å². The number of carbonyl (C=O) groups excluding carboxylic acids is 2. The minimum atomic E-state index is -1.19. The lowest BCUT2D eigenvalue weighted by atomic mass is 9.90. The van der Waals surface area contributed by atoms with Gasteiger partial charge in [-0.3, -0.25) is 4.79 Å². The summed E-state index contributed by atoms with van der Waals surface area (Å²) in [4.78, 5) is 25.4. The molecule has 0 saturated carbocycles. The van der Waals surface area contributed by atoms with Gasteiger partial charge in [-0.1, -0.05) is 12.2 Å². The molecular weight excluding hydrogens is 206 g/mol. The summed E-state index contributed by atoms with van der Waals surface area (Å²) in [5, 5.41) is 0. The van der Waals surface area contributed by atoms with Crippen LogP contribution < -0.4 is 0 Å². The van der Waals surface area contributed by atoms with Gasteiger partial charge in [0.2, 0.25) is 5.54 Å². The Hall–Kier alpha value is -1.58. The van der Waals surface area contributed by atoms with Gasteiger partial charge in [0.25, 0.3) is 0 Å². The molecule has 4 heteroatoms. The van der Waals surface area contributed by atoms with Crippen molar-refractivity contribution in [3.05, 3.63) is 24.4 Å². The van der Waals surface area contributed by atoms with E-state index in [1.54, 1.807) is 31.1 Å². The second-order valence-electron chi connectivity index (χ2n) is 3.64. The molecule has 0 aromatic heterocycles. The number of allylic oxidation sites excluding steroid dienone is 1. The summed E-state index contributed by atoms with van der Waals surface area (Å²) in [5.41, 5.74) is -1.19. The third-order valence-corrected chi connectivity index (χ3v) is 2.72. The van der Waals surface area contributed by atoms with Gasteiger partial charge >= 0.3 is 5.97 Å². The fourth-order valence-electron chi connectivity index (χ4n) is 1.73. The lowest BCUT2D eigenvalue weighted by Gasteiger charge is -2.32. The van der Waals surface area contributed by atoms with E-state index >= 15 is 0 Å². The van der Waals surface area contributed by atoms with Crippen LogP contribution in [0.5, 0.6) is 0 Å². The quantitative estimate of drug-likeness (QED) is 0.409. The van der Waals surface area contributed by atoms with Crippen molar-refractivity contribution in [3.63, 3.8) is 0 Å². The number of esters is 1. The molecule has 0 aromatic rings. The number of hydrogen-bond donors (Lipinski definition) is 0. The van der Waals surface area contributed by atoms with Crippen LogP contribution in [0.25, 0.3) is 0 Å². The first-order chi connectivity index (χ1) is 7.59. The molecule has 1 atom stereocenters. The zero-order valence-electron chi connectivity index (χ0n) is 9.90. The standard InChI is InChI=1S/C12H17NO3/c1-4-6-8-12(11(15)16-5-2)10(14)7-9-13(12)3/h4,6-7,9H,5,8H2,1-3H3. The molecule has 0 spiro atoms. The van der Waals surface area contributed by atoms with E-state index in [4.69, 9.17) is 4.74 Å². The van der Waals surface area contributed by atoms with Crippen molar-refractivity contribution in [1.82, 2.24) is 4.90 Å². The number of likely N-dealkylation sites (N-methyl/N-ethyl adjacent to an activating group) is 1. The number of rotatable bonds is 4. The molecule has 0 saturated heterocycles. The number of carbonyl (C=O) groups is 2. The molecule has 0 aliphatic carbocycles. The predicted octanol–water partition coefficient (Wildman–Crippen LogP) is 1.28. The minimum Gasteiger partial charge on any atom is -0.464 e. The van der Waals surface area contributed by atoms with Crippen LogP contribution in [0.15, 0.2) is 24.4 Å². The molecule has 4 nitrogen and oxygen atoms in total. The van der Waals surface area contributed by atoms with Gasteiger partial charge in [0, 0.05) is 25.7 Å². The summed E-state index contributed by atoms with van der Waals surface area (Å²) in [7, 11) is 1.71. The lowest BCUT2D eigenvalue weighted by Crippen LogP contribution is -2.53. The molecule has 1 heterocycles. The molecule has 88 valence electrons. The number of ether oxygens (including phenoxy) is 1. The third-order valence-electron chi connectivity index (χ3n) is 2.72. The molecule has 16 heavy (non-hydrogen) atoms. The van der Waals surface area contributed by atoms with Crippen molar-refractivity contribution in [2.45, 2.75) is 25.8 Å². The molecule has 0 aromatic carbocycles. The van der Waals surface area contributed by atoms with E-state index in [0.717, 1.165) is 0 Å². The second-order valence-corrected chi connectivity index (χ2v) is 3.64. The molecular formula is C12H17NO3. The molecule has 0 radical (unpaired) electrons. The van der Waals surface area contributed by atoms with Crippen molar-refractivity contribution >= 4 is 11.8 Å². The predicted molar refractivity (Wildman–Crippen MR) is 60.7 cm³/mol. The van der Waals surface area contributed by atoms with E-state index in [1.807, 2.05) is 13.0 Å². The Kier molecular flexibility index (Phi) is 3.88. The van der Waals surface area contributed by atoms with Gasteiger partial charge in [0.05, 0.1) is 6.61 Å². The summed E-state index contributed by atoms with van der Waals surface area (Å²) >= 11 is 0. The van der Waals surface area contributed by atoms with Gasteiger partial charge in [-0.2, -0.15) is 0 Å². The fraction of sp³-hybridized carbons (Fsp3) is 0.500. The molecule has 0 fully saturated rings. The Morgan fingerprint density at radius 3 is 2.75 bits per heavy atom. The average molecular weight is 223 g/mol. The first-order valence-corrected chi connectivity index (χ1v) is 5.33. The maximum atomic E-state index is 11.9. The molecule has 0 amide bonds. The van der Waals surface area contributed by atoms with E-state index in [9.17, 15) is 9.59 Å². The van der Waals surface area contributed by atoms with Crippen LogP contribution in [-0.2, 0) is 14.3 Å². The van der Waals surface area contributed by atoms with Gasteiger partial charge in [0.15, 0.2) is 5.78 Å². The van der Waals surface area contributed by atoms with Crippen LogP contribution in [0, 0.1) is 0 Å². The van der Waals surface area contributed by atoms with Crippen LogP contribution in [-0.4, -0.2) is 35.8 Å².